The van der Waals surface area contributed by atoms with E-state index < -0.39 is 10.0 Å². The molecule has 0 saturated heterocycles. The average Bonchev–Trinajstić information content (AvgIpc) is 2.64. The number of carbonyl (C=O) groups is 1. The highest BCUT2D eigenvalue weighted by Crippen LogP contribution is 2.25. The summed E-state index contributed by atoms with van der Waals surface area (Å²) in [5.41, 5.74) is 1.57. The highest BCUT2D eigenvalue weighted by molar-refractivity contribution is 9.10. The van der Waals surface area contributed by atoms with Crippen LogP contribution in [0.2, 0.25) is 0 Å². The number of carbonyl (C=O) groups excluding carboxylic acids is 1. The number of nitrogens with zero attached hydrogens (tertiary/aromatic N) is 1. The van der Waals surface area contributed by atoms with Crippen molar-refractivity contribution in [2.24, 2.45) is 5.14 Å². The number of benzene rings is 2. The van der Waals surface area contributed by atoms with Gasteiger partial charge < -0.3 is 9.64 Å². The molecule has 1 atom stereocenters. The fraction of sp³-hybridized carbons (Fsp3) is 0.211. The van der Waals surface area contributed by atoms with E-state index in [0.29, 0.717) is 5.75 Å². The van der Waals surface area contributed by atoms with E-state index in [2.05, 4.69) is 15.9 Å². The number of likely N-dealkylation sites (N-methyl/N-ethyl adjacent to an activating group) is 1. The molecule has 0 fully saturated rings. The van der Waals surface area contributed by atoms with Gasteiger partial charge in [0.05, 0.1) is 18.0 Å². The largest absolute Gasteiger partial charge is 0.496 e. The van der Waals surface area contributed by atoms with E-state index in [0.717, 1.165) is 15.6 Å². The van der Waals surface area contributed by atoms with Gasteiger partial charge in [0.15, 0.2) is 0 Å². The van der Waals surface area contributed by atoms with Crippen LogP contribution in [0.15, 0.2) is 57.9 Å². The van der Waals surface area contributed by atoms with Gasteiger partial charge >= 0.3 is 0 Å². The van der Waals surface area contributed by atoms with Gasteiger partial charge in [0, 0.05) is 23.2 Å². The van der Waals surface area contributed by atoms with Crippen molar-refractivity contribution >= 4 is 37.9 Å². The lowest BCUT2D eigenvalue weighted by Gasteiger charge is -2.24. The molecule has 0 bridgehead atoms. The van der Waals surface area contributed by atoms with Crippen molar-refractivity contribution in [2.45, 2.75) is 17.9 Å². The summed E-state index contributed by atoms with van der Waals surface area (Å²) in [5, 5.41) is 5.11. The quantitative estimate of drug-likeness (QED) is 0.680. The van der Waals surface area contributed by atoms with E-state index in [1.165, 1.54) is 18.2 Å². The van der Waals surface area contributed by atoms with Crippen molar-refractivity contribution in [3.63, 3.8) is 0 Å². The maximum Gasteiger partial charge on any atom is 0.246 e. The molecule has 8 heteroatoms. The first-order valence-electron chi connectivity index (χ1n) is 8.04. The van der Waals surface area contributed by atoms with Crippen LogP contribution in [0.1, 0.15) is 24.1 Å². The monoisotopic (exact) mass is 452 g/mol. The predicted octanol–water partition coefficient (Wildman–Crippen LogP) is 3.34. The number of nitrogens with two attached hydrogens (primary N) is 1. The van der Waals surface area contributed by atoms with E-state index in [4.69, 9.17) is 9.88 Å². The number of methoxy groups -OCH3 is 1. The lowest BCUT2D eigenvalue weighted by Crippen LogP contribution is -2.28. The Bertz CT molecular complexity index is 956. The number of sulfonamides is 1. The van der Waals surface area contributed by atoms with Gasteiger partial charge in [-0.3, -0.25) is 4.79 Å². The minimum Gasteiger partial charge on any atom is -0.496 e. The smallest absolute Gasteiger partial charge is 0.246 e. The third-order valence-corrected chi connectivity index (χ3v) is 5.64. The highest BCUT2D eigenvalue weighted by atomic mass is 79.9. The molecule has 0 heterocycles. The Balaban J connectivity index is 2.16. The van der Waals surface area contributed by atoms with Crippen LogP contribution >= 0.6 is 15.9 Å². The van der Waals surface area contributed by atoms with Crippen LogP contribution in [0.3, 0.4) is 0 Å². The summed E-state index contributed by atoms with van der Waals surface area (Å²) in [6.07, 6.45) is 3.17. The molecule has 0 aliphatic carbocycles. The van der Waals surface area contributed by atoms with Crippen molar-refractivity contribution in [2.75, 3.05) is 14.2 Å². The van der Waals surface area contributed by atoms with Gasteiger partial charge in [0.25, 0.3) is 0 Å². The van der Waals surface area contributed by atoms with Crippen LogP contribution in [-0.2, 0) is 14.8 Å². The Kier molecular flexibility index (Phi) is 6.80. The van der Waals surface area contributed by atoms with Crippen molar-refractivity contribution in [3.05, 3.63) is 64.1 Å². The molecule has 144 valence electrons. The Morgan fingerprint density at radius 2 is 1.85 bits per heavy atom. The van der Waals surface area contributed by atoms with E-state index in [1.54, 1.807) is 37.3 Å². The molecule has 2 rings (SSSR count). The number of hydrogen-bond acceptors (Lipinski definition) is 4. The summed E-state index contributed by atoms with van der Waals surface area (Å²) in [7, 11) is -0.484. The van der Waals surface area contributed by atoms with Crippen LogP contribution in [-0.4, -0.2) is 33.4 Å². The van der Waals surface area contributed by atoms with Crippen LogP contribution in [0.4, 0.5) is 0 Å². The SMILES string of the molecule is COc1ccc(Br)cc1/C=C/C(=O)N(C)C(C)c1ccc(S(N)(=O)=O)cc1. The fourth-order valence-corrected chi connectivity index (χ4v) is 3.36. The topological polar surface area (TPSA) is 89.7 Å². The first-order chi connectivity index (χ1) is 12.6. The van der Waals surface area contributed by atoms with Gasteiger partial charge in [-0.25, -0.2) is 13.6 Å². The maximum absolute atomic E-state index is 12.5. The predicted molar refractivity (Wildman–Crippen MR) is 109 cm³/mol. The van der Waals surface area contributed by atoms with Gasteiger partial charge in [-0.05, 0) is 48.9 Å². The molecule has 1 amide bonds. The summed E-state index contributed by atoms with van der Waals surface area (Å²) in [6.45, 7) is 1.86. The van der Waals surface area contributed by atoms with E-state index in [1.807, 2.05) is 25.1 Å². The Hall–Kier alpha value is -2.16. The molecule has 1 unspecified atom stereocenters. The number of rotatable bonds is 6. The Morgan fingerprint density at radius 1 is 1.22 bits per heavy atom. The van der Waals surface area contributed by atoms with Crippen LogP contribution in [0.25, 0.3) is 6.08 Å². The zero-order valence-corrected chi connectivity index (χ0v) is 17.6. The molecular formula is C19H21BrN2O4S. The summed E-state index contributed by atoms with van der Waals surface area (Å²) in [5.74, 6) is 0.469. The van der Waals surface area contributed by atoms with Crippen molar-refractivity contribution in [3.8, 4) is 5.75 Å². The van der Waals surface area contributed by atoms with E-state index >= 15 is 0 Å². The molecular weight excluding hydrogens is 432 g/mol. The van der Waals surface area contributed by atoms with Crippen LogP contribution < -0.4 is 9.88 Å². The lowest BCUT2D eigenvalue weighted by molar-refractivity contribution is -0.126. The number of primary sulfonamides is 1. The number of amides is 1. The van der Waals surface area contributed by atoms with Crippen LogP contribution in [0.5, 0.6) is 5.75 Å². The van der Waals surface area contributed by atoms with Gasteiger partial charge in [-0.2, -0.15) is 0 Å². The maximum atomic E-state index is 12.5. The van der Waals surface area contributed by atoms with E-state index in [9.17, 15) is 13.2 Å². The van der Waals surface area contributed by atoms with Crippen molar-refractivity contribution in [1.82, 2.24) is 4.90 Å². The Labute approximate surface area is 167 Å². The minimum atomic E-state index is -3.74. The third-order valence-electron chi connectivity index (χ3n) is 4.22. The molecule has 0 saturated carbocycles. The zero-order valence-electron chi connectivity index (χ0n) is 15.2. The highest BCUT2D eigenvalue weighted by Gasteiger charge is 2.16. The summed E-state index contributed by atoms with van der Waals surface area (Å²) >= 11 is 3.40. The molecule has 2 N–H and O–H groups in total. The van der Waals surface area contributed by atoms with Gasteiger partial charge in [-0.15, -0.1) is 0 Å². The number of ether oxygens (including phenoxy) is 1. The van der Waals surface area contributed by atoms with Crippen molar-refractivity contribution < 1.29 is 17.9 Å². The normalized spacial score (nSPS) is 12.8. The molecule has 0 spiro atoms. The van der Waals surface area contributed by atoms with Gasteiger partial charge in [0.1, 0.15) is 5.75 Å². The Morgan fingerprint density at radius 3 is 2.41 bits per heavy atom. The number of halogens is 1. The average molecular weight is 453 g/mol. The fourth-order valence-electron chi connectivity index (χ4n) is 2.46. The minimum absolute atomic E-state index is 0.0362. The zero-order chi connectivity index (χ0) is 20.2. The van der Waals surface area contributed by atoms with Gasteiger partial charge in [-0.1, -0.05) is 28.1 Å². The first-order valence-corrected chi connectivity index (χ1v) is 10.4. The summed E-state index contributed by atoms with van der Waals surface area (Å²) in [4.78, 5) is 14.1. The molecule has 27 heavy (non-hydrogen) atoms. The first kappa shape index (κ1) is 21.1. The second kappa shape index (κ2) is 8.69. The van der Waals surface area contributed by atoms with Crippen LogP contribution in [0, 0.1) is 0 Å². The standard InChI is InChI=1S/C19H21BrN2O4S/c1-13(14-4-8-17(9-5-14)27(21,24)25)22(2)19(23)11-6-15-12-16(20)7-10-18(15)26-3/h4-13H,1-3H3,(H2,21,24,25)/b11-6+. The molecule has 0 aliphatic heterocycles. The second-order valence-corrected chi connectivity index (χ2v) is 8.44. The molecule has 0 aromatic heterocycles. The van der Waals surface area contributed by atoms with Crippen molar-refractivity contribution in [1.29, 1.82) is 0 Å². The molecule has 0 aliphatic rings. The molecule has 0 radical (unpaired) electrons. The molecule has 2 aromatic carbocycles. The molecule has 6 nitrogen and oxygen atoms in total. The summed E-state index contributed by atoms with van der Waals surface area (Å²) in [6, 6.07) is 11.4. The van der Waals surface area contributed by atoms with E-state index in [-0.39, 0.29) is 16.8 Å². The second-order valence-electron chi connectivity index (χ2n) is 5.96. The number of hydrogen-bond donors (Lipinski definition) is 1. The third kappa shape index (κ3) is 5.41. The molecule has 2 aromatic rings. The van der Waals surface area contributed by atoms with Gasteiger partial charge in [0.2, 0.25) is 15.9 Å². The summed E-state index contributed by atoms with van der Waals surface area (Å²) < 4.78 is 28.9. The lowest BCUT2D eigenvalue weighted by atomic mass is 10.1.